The molecule has 0 radical (unpaired) electrons. The summed E-state index contributed by atoms with van der Waals surface area (Å²) in [4.78, 5) is 14.0. The van der Waals surface area contributed by atoms with Gasteiger partial charge >= 0.3 is 5.97 Å². The predicted octanol–water partition coefficient (Wildman–Crippen LogP) is 2.92. The van der Waals surface area contributed by atoms with E-state index in [1.807, 2.05) is 18.3 Å². The maximum Gasteiger partial charge on any atom is 0.356 e. The fraction of sp³-hybridized carbons (Fsp3) is 0.0769. The van der Waals surface area contributed by atoms with Gasteiger partial charge in [-0.1, -0.05) is 11.6 Å². The Morgan fingerprint density at radius 3 is 2.89 bits per heavy atom. The third-order valence-corrected chi connectivity index (χ3v) is 3.33. The van der Waals surface area contributed by atoms with Crippen LogP contribution in [0.25, 0.3) is 22.2 Å². The normalized spacial score (nSPS) is 11.1. The summed E-state index contributed by atoms with van der Waals surface area (Å²) in [6.45, 7) is 0. The number of nitrogens with zero attached hydrogens (tertiary/aromatic N) is 2. The van der Waals surface area contributed by atoms with E-state index in [0.717, 1.165) is 16.5 Å². The summed E-state index contributed by atoms with van der Waals surface area (Å²) < 4.78 is 1.53. The first-order valence-electron chi connectivity index (χ1n) is 5.60. The van der Waals surface area contributed by atoms with Crippen molar-refractivity contribution in [3.05, 3.63) is 41.2 Å². The minimum absolute atomic E-state index is 0.0141. The van der Waals surface area contributed by atoms with E-state index in [2.05, 4.69) is 10.1 Å². The fourth-order valence-electron chi connectivity index (χ4n) is 2.11. The standard InChI is InChI=1S/C13H10ClN3O2/c1-17-12(6-11(16-17)13(18)19)7-4-9(14)8-2-3-15-10(8)5-7/h2-6,15H,1H3,(H,18,19). The molecule has 0 unspecified atom stereocenters. The Kier molecular flexibility index (Phi) is 2.57. The van der Waals surface area contributed by atoms with Crippen LogP contribution in [0.15, 0.2) is 30.5 Å². The van der Waals surface area contributed by atoms with Gasteiger partial charge in [0.15, 0.2) is 5.69 Å². The molecule has 0 spiro atoms. The lowest BCUT2D eigenvalue weighted by Gasteiger charge is -2.03. The Morgan fingerprint density at radius 2 is 2.21 bits per heavy atom. The van der Waals surface area contributed by atoms with Gasteiger partial charge in [0.2, 0.25) is 0 Å². The first kappa shape index (κ1) is 11.8. The molecule has 3 aromatic rings. The molecule has 0 saturated heterocycles. The average molecular weight is 276 g/mol. The average Bonchev–Trinajstić information content (AvgIpc) is 2.95. The van der Waals surface area contributed by atoms with Crippen LogP contribution in [0.2, 0.25) is 5.02 Å². The lowest BCUT2D eigenvalue weighted by Crippen LogP contribution is -1.99. The van der Waals surface area contributed by atoms with Gasteiger partial charge in [-0.05, 0) is 24.3 Å². The zero-order chi connectivity index (χ0) is 13.6. The maximum absolute atomic E-state index is 10.9. The van der Waals surface area contributed by atoms with Crippen LogP contribution in [-0.4, -0.2) is 25.8 Å². The van der Waals surface area contributed by atoms with Gasteiger partial charge in [0, 0.05) is 29.7 Å². The Labute approximate surface area is 113 Å². The second-order valence-corrected chi connectivity index (χ2v) is 4.65. The molecular formula is C13H10ClN3O2. The second kappa shape index (κ2) is 4.13. The van der Waals surface area contributed by atoms with Crippen LogP contribution in [0.3, 0.4) is 0 Å². The van der Waals surface area contributed by atoms with Crippen molar-refractivity contribution in [2.45, 2.75) is 0 Å². The molecular weight excluding hydrogens is 266 g/mol. The molecule has 96 valence electrons. The number of aromatic carboxylic acids is 1. The number of aryl methyl sites for hydroxylation is 1. The Balaban J connectivity index is 2.21. The minimum atomic E-state index is -1.05. The molecule has 0 saturated carbocycles. The highest BCUT2D eigenvalue weighted by atomic mass is 35.5. The Bertz CT molecular complexity index is 788. The molecule has 19 heavy (non-hydrogen) atoms. The SMILES string of the molecule is Cn1nc(C(=O)O)cc1-c1cc(Cl)c2cc[nH]c2c1. The molecule has 0 aliphatic carbocycles. The summed E-state index contributed by atoms with van der Waals surface area (Å²) in [6.07, 6.45) is 1.81. The number of hydrogen-bond acceptors (Lipinski definition) is 2. The molecule has 2 aromatic heterocycles. The smallest absolute Gasteiger partial charge is 0.356 e. The van der Waals surface area contributed by atoms with E-state index in [0.29, 0.717) is 10.7 Å². The number of fused-ring (bicyclic) bond motifs is 1. The second-order valence-electron chi connectivity index (χ2n) is 4.24. The van der Waals surface area contributed by atoms with Crippen LogP contribution in [0.5, 0.6) is 0 Å². The summed E-state index contributed by atoms with van der Waals surface area (Å²) in [7, 11) is 1.70. The molecule has 0 fully saturated rings. The Morgan fingerprint density at radius 1 is 1.42 bits per heavy atom. The van der Waals surface area contributed by atoms with Gasteiger partial charge in [0.1, 0.15) is 0 Å². The molecule has 2 heterocycles. The minimum Gasteiger partial charge on any atom is -0.476 e. The van der Waals surface area contributed by atoms with Crippen LogP contribution in [0.4, 0.5) is 0 Å². The highest BCUT2D eigenvalue weighted by Crippen LogP contribution is 2.30. The van der Waals surface area contributed by atoms with Crippen LogP contribution >= 0.6 is 11.6 Å². The van der Waals surface area contributed by atoms with Gasteiger partial charge in [0.25, 0.3) is 0 Å². The van der Waals surface area contributed by atoms with Crippen molar-refractivity contribution in [3.8, 4) is 11.3 Å². The van der Waals surface area contributed by atoms with Crippen LogP contribution in [0.1, 0.15) is 10.5 Å². The number of carboxylic acids is 1. The maximum atomic E-state index is 10.9. The van der Waals surface area contributed by atoms with Gasteiger partial charge in [-0.25, -0.2) is 4.79 Å². The topological polar surface area (TPSA) is 70.9 Å². The van der Waals surface area contributed by atoms with Gasteiger partial charge in [-0.3, -0.25) is 4.68 Å². The van der Waals surface area contributed by atoms with Gasteiger partial charge in [-0.2, -0.15) is 5.10 Å². The third kappa shape index (κ3) is 1.88. The quantitative estimate of drug-likeness (QED) is 0.755. The summed E-state index contributed by atoms with van der Waals surface area (Å²) in [5.41, 5.74) is 2.44. The van der Waals surface area contributed by atoms with Crippen LogP contribution in [0, 0.1) is 0 Å². The number of rotatable bonds is 2. The van der Waals surface area contributed by atoms with Crippen LogP contribution < -0.4 is 0 Å². The van der Waals surface area contributed by atoms with E-state index in [4.69, 9.17) is 16.7 Å². The number of H-pyrrole nitrogens is 1. The van der Waals surface area contributed by atoms with Crippen molar-refractivity contribution in [2.24, 2.45) is 7.05 Å². The largest absolute Gasteiger partial charge is 0.476 e. The summed E-state index contributed by atoms with van der Waals surface area (Å²) in [5.74, 6) is -1.05. The van der Waals surface area contributed by atoms with Crippen LogP contribution in [-0.2, 0) is 7.05 Å². The van der Waals surface area contributed by atoms with Crippen molar-refractivity contribution in [3.63, 3.8) is 0 Å². The molecule has 3 rings (SSSR count). The number of aromatic nitrogens is 3. The van der Waals surface area contributed by atoms with Gasteiger partial charge in [0.05, 0.1) is 10.7 Å². The van der Waals surface area contributed by atoms with Gasteiger partial charge < -0.3 is 10.1 Å². The first-order chi connectivity index (χ1) is 9.06. The van der Waals surface area contributed by atoms with E-state index >= 15 is 0 Å². The zero-order valence-corrected chi connectivity index (χ0v) is 10.8. The number of aromatic amines is 1. The number of nitrogens with one attached hydrogen (secondary N) is 1. The van der Waals surface area contributed by atoms with Crippen molar-refractivity contribution < 1.29 is 9.90 Å². The monoisotopic (exact) mass is 275 g/mol. The lowest BCUT2D eigenvalue weighted by molar-refractivity contribution is 0.0689. The highest BCUT2D eigenvalue weighted by molar-refractivity contribution is 6.35. The third-order valence-electron chi connectivity index (χ3n) is 3.01. The lowest BCUT2D eigenvalue weighted by atomic mass is 10.1. The van der Waals surface area contributed by atoms with E-state index < -0.39 is 5.97 Å². The van der Waals surface area contributed by atoms with Crippen molar-refractivity contribution in [2.75, 3.05) is 0 Å². The molecule has 1 aromatic carbocycles. The molecule has 0 amide bonds. The van der Waals surface area contributed by atoms with Gasteiger partial charge in [-0.15, -0.1) is 0 Å². The number of carboxylic acid groups (broad SMARTS) is 1. The highest BCUT2D eigenvalue weighted by Gasteiger charge is 2.14. The molecule has 6 heteroatoms. The molecule has 0 aliphatic rings. The first-order valence-corrected chi connectivity index (χ1v) is 5.98. The number of hydrogen-bond donors (Lipinski definition) is 2. The molecule has 2 N–H and O–H groups in total. The molecule has 0 aliphatic heterocycles. The molecule has 0 bridgehead atoms. The Hall–Kier alpha value is -2.27. The van der Waals surface area contributed by atoms with Crippen molar-refractivity contribution in [1.29, 1.82) is 0 Å². The number of halogens is 1. The summed E-state index contributed by atoms with van der Waals surface area (Å²) in [6, 6.07) is 7.15. The predicted molar refractivity (Wildman–Crippen MR) is 72.5 cm³/mol. The van der Waals surface area contributed by atoms with Crippen molar-refractivity contribution >= 4 is 28.5 Å². The zero-order valence-electron chi connectivity index (χ0n) is 10.0. The van der Waals surface area contributed by atoms with E-state index in [-0.39, 0.29) is 5.69 Å². The summed E-state index contributed by atoms with van der Waals surface area (Å²) >= 11 is 6.21. The van der Waals surface area contributed by atoms with E-state index in [9.17, 15) is 4.79 Å². The van der Waals surface area contributed by atoms with Crippen molar-refractivity contribution in [1.82, 2.24) is 14.8 Å². The fourth-order valence-corrected chi connectivity index (χ4v) is 2.39. The van der Waals surface area contributed by atoms with E-state index in [1.54, 1.807) is 13.1 Å². The number of carbonyl (C=O) groups is 1. The number of benzene rings is 1. The summed E-state index contributed by atoms with van der Waals surface area (Å²) in [5, 5.41) is 14.5. The van der Waals surface area contributed by atoms with E-state index in [1.165, 1.54) is 10.7 Å². The molecule has 0 atom stereocenters. The molecule has 5 nitrogen and oxygen atoms in total.